The fourth-order valence-corrected chi connectivity index (χ4v) is 3.41. The zero-order chi connectivity index (χ0) is 18.1. The number of benzene rings is 1. The number of rotatable bonds is 2. The molecule has 1 amide bonds. The lowest BCUT2D eigenvalue weighted by molar-refractivity contribution is 0.0975. The van der Waals surface area contributed by atoms with E-state index in [0.29, 0.717) is 23.9 Å². The van der Waals surface area contributed by atoms with Gasteiger partial charge in [-0.15, -0.1) is 0 Å². The fourth-order valence-electron chi connectivity index (χ4n) is 3.41. The molecule has 4 rings (SSSR count). The van der Waals surface area contributed by atoms with Gasteiger partial charge in [-0.1, -0.05) is 24.2 Å². The van der Waals surface area contributed by atoms with E-state index in [0.717, 1.165) is 23.5 Å². The normalized spacial score (nSPS) is 16.9. The van der Waals surface area contributed by atoms with Gasteiger partial charge in [0, 0.05) is 44.2 Å². The predicted octanol–water partition coefficient (Wildman–Crippen LogP) is 3.47. The van der Waals surface area contributed by atoms with Gasteiger partial charge in [-0.2, -0.15) is 0 Å². The lowest BCUT2D eigenvalue weighted by Crippen LogP contribution is -2.35. The molecule has 2 aromatic heterocycles. The van der Waals surface area contributed by atoms with Crippen molar-refractivity contribution in [2.75, 3.05) is 29.9 Å². The maximum absolute atomic E-state index is 13.2. The zero-order valence-electron chi connectivity index (χ0n) is 14.8. The molecule has 1 atom stereocenters. The third-order valence-corrected chi connectivity index (χ3v) is 4.60. The smallest absolute Gasteiger partial charge is 0.280 e. The minimum absolute atomic E-state index is 0.149. The molecule has 0 bridgehead atoms. The van der Waals surface area contributed by atoms with E-state index in [4.69, 9.17) is 4.52 Å². The van der Waals surface area contributed by atoms with Gasteiger partial charge >= 0.3 is 0 Å². The number of carbonyl (C=O) groups excluding carboxylic acids is 1. The van der Waals surface area contributed by atoms with Crippen molar-refractivity contribution in [2.45, 2.75) is 6.92 Å². The Kier molecular flexibility index (Phi) is 4.16. The van der Waals surface area contributed by atoms with Crippen LogP contribution in [0.3, 0.4) is 0 Å². The number of hydrogen-bond donors (Lipinski definition) is 0. The van der Waals surface area contributed by atoms with Crippen molar-refractivity contribution in [3.8, 4) is 11.3 Å². The molecule has 1 unspecified atom stereocenters. The van der Waals surface area contributed by atoms with Crippen LogP contribution in [0.4, 0.5) is 11.4 Å². The van der Waals surface area contributed by atoms with Gasteiger partial charge < -0.3 is 14.3 Å². The number of pyridine rings is 1. The number of para-hydroxylation sites is 2. The minimum atomic E-state index is -0.149. The van der Waals surface area contributed by atoms with Crippen molar-refractivity contribution < 1.29 is 9.32 Å². The van der Waals surface area contributed by atoms with Crippen LogP contribution in [-0.4, -0.2) is 36.2 Å². The van der Waals surface area contributed by atoms with E-state index in [9.17, 15) is 4.79 Å². The van der Waals surface area contributed by atoms with Crippen molar-refractivity contribution >= 4 is 17.3 Å². The molecular weight excluding hydrogens is 328 g/mol. The highest BCUT2D eigenvalue weighted by Gasteiger charge is 2.29. The summed E-state index contributed by atoms with van der Waals surface area (Å²) in [6, 6.07) is 13.3. The maximum Gasteiger partial charge on any atom is 0.280 e. The highest BCUT2D eigenvalue weighted by Crippen LogP contribution is 2.33. The predicted molar refractivity (Wildman–Crippen MR) is 100 cm³/mol. The van der Waals surface area contributed by atoms with Crippen molar-refractivity contribution in [1.29, 1.82) is 0 Å². The van der Waals surface area contributed by atoms with E-state index in [-0.39, 0.29) is 5.91 Å². The minimum Gasteiger partial charge on any atom is -0.373 e. The molecule has 1 aliphatic heterocycles. The summed E-state index contributed by atoms with van der Waals surface area (Å²) in [6.45, 7) is 3.67. The highest BCUT2D eigenvalue weighted by molar-refractivity contribution is 6.07. The summed E-state index contributed by atoms with van der Waals surface area (Å²) in [7, 11) is 2.06. The number of fused-ring (bicyclic) bond motifs is 1. The lowest BCUT2D eigenvalue weighted by atomic mass is 10.1. The van der Waals surface area contributed by atoms with E-state index in [1.54, 1.807) is 23.4 Å². The second kappa shape index (κ2) is 6.63. The van der Waals surface area contributed by atoms with Crippen LogP contribution in [0.15, 0.2) is 59.4 Å². The van der Waals surface area contributed by atoms with Gasteiger partial charge in [-0.25, -0.2) is 0 Å². The van der Waals surface area contributed by atoms with Gasteiger partial charge in [0.2, 0.25) is 0 Å². The number of aromatic nitrogens is 2. The Labute approximate surface area is 152 Å². The average molecular weight is 348 g/mol. The van der Waals surface area contributed by atoms with Crippen LogP contribution in [0, 0.1) is 5.92 Å². The first-order chi connectivity index (χ1) is 12.6. The molecule has 0 saturated heterocycles. The van der Waals surface area contributed by atoms with Gasteiger partial charge in [-0.3, -0.25) is 9.78 Å². The van der Waals surface area contributed by atoms with Gasteiger partial charge in [-0.05, 0) is 30.2 Å². The second-order valence-corrected chi connectivity index (χ2v) is 6.70. The van der Waals surface area contributed by atoms with Crippen LogP contribution >= 0.6 is 0 Å². The average Bonchev–Trinajstić information content (AvgIpc) is 3.12. The van der Waals surface area contributed by atoms with E-state index in [1.807, 2.05) is 36.4 Å². The summed E-state index contributed by atoms with van der Waals surface area (Å²) in [5.74, 6) is 0.746. The Morgan fingerprint density at radius 2 is 1.85 bits per heavy atom. The van der Waals surface area contributed by atoms with Gasteiger partial charge in [0.05, 0.1) is 11.4 Å². The first-order valence-corrected chi connectivity index (χ1v) is 8.62. The standard InChI is InChI=1S/C20H20N4O2/c1-14-12-23(2)17-5-3-4-6-18(17)24(13-14)20(25)16-11-19(26-22-16)15-7-9-21-10-8-15/h3-11,14H,12-13H2,1-2H3. The molecular formula is C20H20N4O2. The third kappa shape index (κ3) is 2.94. The summed E-state index contributed by atoms with van der Waals surface area (Å²) < 4.78 is 5.39. The third-order valence-electron chi connectivity index (χ3n) is 4.60. The first-order valence-electron chi connectivity index (χ1n) is 8.62. The molecule has 0 radical (unpaired) electrons. The molecule has 6 heteroatoms. The lowest BCUT2D eigenvalue weighted by Gasteiger charge is -2.23. The number of anilines is 2. The molecule has 3 heterocycles. The molecule has 0 aliphatic carbocycles. The molecule has 6 nitrogen and oxygen atoms in total. The van der Waals surface area contributed by atoms with E-state index in [1.165, 1.54) is 0 Å². The Morgan fingerprint density at radius 3 is 2.62 bits per heavy atom. The summed E-state index contributed by atoms with van der Waals surface area (Å²) in [4.78, 5) is 21.2. The SMILES string of the molecule is CC1CN(C)c2ccccc2N(C(=O)c2cc(-c3ccncc3)on2)C1. The molecule has 0 saturated carbocycles. The molecule has 132 valence electrons. The maximum atomic E-state index is 13.2. The quantitative estimate of drug-likeness (QED) is 0.710. The molecule has 0 fully saturated rings. The number of carbonyl (C=O) groups is 1. The second-order valence-electron chi connectivity index (χ2n) is 6.70. The summed E-state index contributed by atoms with van der Waals surface area (Å²) >= 11 is 0. The van der Waals surface area contributed by atoms with Crippen LogP contribution in [-0.2, 0) is 0 Å². The van der Waals surface area contributed by atoms with Gasteiger partial charge in [0.15, 0.2) is 11.5 Å². The summed E-state index contributed by atoms with van der Waals surface area (Å²) in [5.41, 5.74) is 3.10. The van der Waals surface area contributed by atoms with Crippen molar-refractivity contribution in [3.05, 3.63) is 60.6 Å². The Hall–Kier alpha value is -3.15. The fraction of sp³-hybridized carbons (Fsp3) is 0.250. The van der Waals surface area contributed by atoms with Crippen LogP contribution in [0.1, 0.15) is 17.4 Å². The molecule has 1 aliphatic rings. The van der Waals surface area contributed by atoms with Crippen molar-refractivity contribution in [2.24, 2.45) is 5.92 Å². The highest BCUT2D eigenvalue weighted by atomic mass is 16.5. The van der Waals surface area contributed by atoms with Crippen molar-refractivity contribution in [1.82, 2.24) is 10.1 Å². The van der Waals surface area contributed by atoms with Crippen LogP contribution in [0.25, 0.3) is 11.3 Å². The Balaban J connectivity index is 1.69. The van der Waals surface area contributed by atoms with Crippen LogP contribution in [0.5, 0.6) is 0 Å². The van der Waals surface area contributed by atoms with Gasteiger partial charge in [0.25, 0.3) is 5.91 Å². The first kappa shape index (κ1) is 16.3. The van der Waals surface area contributed by atoms with E-state index >= 15 is 0 Å². The van der Waals surface area contributed by atoms with Crippen molar-refractivity contribution in [3.63, 3.8) is 0 Å². The van der Waals surface area contributed by atoms with E-state index < -0.39 is 0 Å². The summed E-state index contributed by atoms with van der Waals surface area (Å²) in [5, 5.41) is 4.02. The molecule has 0 spiro atoms. The molecule has 0 N–H and O–H groups in total. The topological polar surface area (TPSA) is 62.5 Å². The number of amides is 1. The molecule has 1 aromatic carbocycles. The van der Waals surface area contributed by atoms with Gasteiger partial charge in [0.1, 0.15) is 0 Å². The zero-order valence-corrected chi connectivity index (χ0v) is 14.8. The monoisotopic (exact) mass is 348 g/mol. The number of hydrogen-bond acceptors (Lipinski definition) is 5. The Morgan fingerprint density at radius 1 is 1.12 bits per heavy atom. The number of nitrogens with zero attached hydrogens (tertiary/aromatic N) is 4. The summed E-state index contributed by atoms with van der Waals surface area (Å²) in [6.07, 6.45) is 3.36. The molecule has 3 aromatic rings. The van der Waals surface area contributed by atoms with Crippen LogP contribution in [0.2, 0.25) is 0 Å². The largest absolute Gasteiger partial charge is 0.373 e. The molecule has 26 heavy (non-hydrogen) atoms. The van der Waals surface area contributed by atoms with Crippen LogP contribution < -0.4 is 9.80 Å². The van der Waals surface area contributed by atoms with E-state index in [2.05, 4.69) is 29.0 Å². The Bertz CT molecular complexity index is 922.